The van der Waals surface area contributed by atoms with Crippen LogP contribution in [0, 0.1) is 0 Å². The van der Waals surface area contributed by atoms with Crippen molar-refractivity contribution in [2.24, 2.45) is 0 Å². The molecule has 84 valence electrons. The zero-order valence-corrected chi connectivity index (χ0v) is 9.11. The molecule has 1 fully saturated rings. The first kappa shape index (κ1) is 9.73. The molecule has 1 aliphatic rings. The molecule has 2 aromatic rings. The van der Waals surface area contributed by atoms with Crippen molar-refractivity contribution in [3.05, 3.63) is 30.5 Å². The van der Waals surface area contributed by atoms with Gasteiger partial charge in [0.25, 0.3) is 0 Å². The smallest absolute Gasteiger partial charge is 0.199 e. The van der Waals surface area contributed by atoms with Gasteiger partial charge in [0.2, 0.25) is 0 Å². The molecule has 1 saturated heterocycles. The standard InChI is InChI=1S/C13H15NO2/c1-2-8-15-13(3-1)16-11-5-4-10-6-7-14-12(10)9-11/h4-7,9,13-14H,1-3,8H2. The van der Waals surface area contributed by atoms with E-state index in [4.69, 9.17) is 9.47 Å². The number of fused-ring (bicyclic) bond motifs is 1. The molecule has 1 aromatic carbocycles. The molecule has 3 rings (SSSR count). The van der Waals surface area contributed by atoms with Crippen molar-refractivity contribution in [2.75, 3.05) is 6.61 Å². The molecule has 1 N–H and O–H groups in total. The Labute approximate surface area is 94.4 Å². The first-order valence-corrected chi connectivity index (χ1v) is 5.77. The van der Waals surface area contributed by atoms with Gasteiger partial charge in [-0.15, -0.1) is 0 Å². The summed E-state index contributed by atoms with van der Waals surface area (Å²) in [4.78, 5) is 3.18. The van der Waals surface area contributed by atoms with E-state index in [-0.39, 0.29) is 6.29 Å². The third-order valence-corrected chi connectivity index (χ3v) is 2.93. The average Bonchev–Trinajstić information content (AvgIpc) is 2.77. The Morgan fingerprint density at radius 3 is 3.12 bits per heavy atom. The number of aromatic nitrogens is 1. The number of hydrogen-bond donors (Lipinski definition) is 1. The second-order valence-electron chi connectivity index (χ2n) is 4.14. The molecule has 0 spiro atoms. The number of benzene rings is 1. The van der Waals surface area contributed by atoms with Crippen LogP contribution in [-0.2, 0) is 4.74 Å². The highest BCUT2D eigenvalue weighted by Gasteiger charge is 2.15. The highest BCUT2D eigenvalue weighted by atomic mass is 16.7. The van der Waals surface area contributed by atoms with Crippen molar-refractivity contribution in [2.45, 2.75) is 25.6 Å². The third kappa shape index (κ3) is 1.91. The summed E-state index contributed by atoms with van der Waals surface area (Å²) in [5, 5.41) is 1.21. The van der Waals surface area contributed by atoms with Crippen LogP contribution in [0.1, 0.15) is 19.3 Å². The first-order valence-electron chi connectivity index (χ1n) is 5.77. The normalized spacial score (nSPS) is 21.1. The highest BCUT2D eigenvalue weighted by molar-refractivity contribution is 5.80. The fourth-order valence-corrected chi connectivity index (χ4v) is 2.06. The van der Waals surface area contributed by atoms with E-state index >= 15 is 0 Å². The topological polar surface area (TPSA) is 34.2 Å². The van der Waals surface area contributed by atoms with Crippen molar-refractivity contribution in [3.8, 4) is 5.75 Å². The summed E-state index contributed by atoms with van der Waals surface area (Å²) in [6.07, 6.45) is 5.19. The largest absolute Gasteiger partial charge is 0.465 e. The summed E-state index contributed by atoms with van der Waals surface area (Å²) < 4.78 is 11.3. The number of hydrogen-bond acceptors (Lipinski definition) is 2. The maximum atomic E-state index is 5.79. The molecule has 3 heteroatoms. The van der Waals surface area contributed by atoms with Gasteiger partial charge >= 0.3 is 0 Å². The van der Waals surface area contributed by atoms with Gasteiger partial charge in [-0.1, -0.05) is 0 Å². The van der Waals surface area contributed by atoms with Crippen LogP contribution in [0.2, 0.25) is 0 Å². The summed E-state index contributed by atoms with van der Waals surface area (Å²) in [5.41, 5.74) is 1.10. The summed E-state index contributed by atoms with van der Waals surface area (Å²) in [5.74, 6) is 0.877. The van der Waals surface area contributed by atoms with E-state index in [9.17, 15) is 0 Å². The number of H-pyrrole nitrogens is 1. The molecule has 0 amide bonds. The lowest BCUT2D eigenvalue weighted by atomic mass is 10.2. The number of rotatable bonds is 2. The van der Waals surface area contributed by atoms with E-state index in [1.807, 2.05) is 18.3 Å². The maximum absolute atomic E-state index is 5.79. The molecular weight excluding hydrogens is 202 g/mol. The molecule has 16 heavy (non-hydrogen) atoms. The summed E-state index contributed by atoms with van der Waals surface area (Å²) in [6, 6.07) is 8.13. The van der Waals surface area contributed by atoms with Gasteiger partial charge in [-0.2, -0.15) is 0 Å². The summed E-state index contributed by atoms with van der Waals surface area (Å²) in [7, 11) is 0. The highest BCUT2D eigenvalue weighted by Crippen LogP contribution is 2.23. The van der Waals surface area contributed by atoms with Gasteiger partial charge in [0, 0.05) is 24.2 Å². The minimum absolute atomic E-state index is 0.0684. The van der Waals surface area contributed by atoms with Crippen LogP contribution in [0.15, 0.2) is 30.5 Å². The molecule has 1 unspecified atom stereocenters. The maximum Gasteiger partial charge on any atom is 0.199 e. The van der Waals surface area contributed by atoms with Crippen molar-refractivity contribution >= 4 is 10.9 Å². The fourth-order valence-electron chi connectivity index (χ4n) is 2.06. The van der Waals surface area contributed by atoms with Crippen molar-refractivity contribution in [1.82, 2.24) is 4.98 Å². The molecular formula is C13H15NO2. The van der Waals surface area contributed by atoms with Crippen LogP contribution in [0.25, 0.3) is 10.9 Å². The molecule has 0 aliphatic carbocycles. The summed E-state index contributed by atoms with van der Waals surface area (Å²) >= 11 is 0. The number of aromatic amines is 1. The molecule has 3 nitrogen and oxygen atoms in total. The monoisotopic (exact) mass is 217 g/mol. The van der Waals surface area contributed by atoms with Gasteiger partial charge in [0.1, 0.15) is 5.75 Å². The van der Waals surface area contributed by atoms with Crippen LogP contribution in [0.4, 0.5) is 0 Å². The van der Waals surface area contributed by atoms with Crippen molar-refractivity contribution < 1.29 is 9.47 Å². The lowest BCUT2D eigenvalue weighted by molar-refractivity contribution is -0.105. The van der Waals surface area contributed by atoms with Gasteiger partial charge in [-0.25, -0.2) is 0 Å². The van der Waals surface area contributed by atoms with Gasteiger partial charge < -0.3 is 14.5 Å². The van der Waals surface area contributed by atoms with Crippen molar-refractivity contribution in [1.29, 1.82) is 0 Å². The number of ether oxygens (including phenoxy) is 2. The Morgan fingerprint density at radius 2 is 2.25 bits per heavy atom. The van der Waals surface area contributed by atoms with Crippen molar-refractivity contribution in [3.63, 3.8) is 0 Å². The average molecular weight is 217 g/mol. The van der Waals surface area contributed by atoms with Gasteiger partial charge in [0.05, 0.1) is 6.61 Å². The van der Waals surface area contributed by atoms with E-state index in [0.717, 1.165) is 30.7 Å². The Hall–Kier alpha value is -1.48. The Kier molecular flexibility index (Phi) is 2.54. The van der Waals surface area contributed by atoms with Gasteiger partial charge in [0.15, 0.2) is 6.29 Å². The molecule has 0 bridgehead atoms. The first-order chi connectivity index (χ1) is 7.92. The SMILES string of the molecule is c1cc2ccc(OC3CCCCO3)cc2[nH]1. The predicted octanol–water partition coefficient (Wildman–Crippen LogP) is 3.07. The molecule has 1 aliphatic heterocycles. The van der Waals surface area contributed by atoms with E-state index in [1.54, 1.807) is 0 Å². The van der Waals surface area contributed by atoms with Crippen LogP contribution in [-0.4, -0.2) is 17.9 Å². The van der Waals surface area contributed by atoms with Gasteiger partial charge in [-0.05, 0) is 36.4 Å². The zero-order chi connectivity index (χ0) is 10.8. The molecule has 1 atom stereocenters. The van der Waals surface area contributed by atoms with Crippen LogP contribution in [0.3, 0.4) is 0 Å². The van der Waals surface area contributed by atoms with E-state index < -0.39 is 0 Å². The van der Waals surface area contributed by atoms with E-state index in [2.05, 4.69) is 17.1 Å². The van der Waals surface area contributed by atoms with Crippen LogP contribution in [0.5, 0.6) is 5.75 Å². The lowest BCUT2D eigenvalue weighted by Gasteiger charge is -2.23. The van der Waals surface area contributed by atoms with E-state index in [1.165, 1.54) is 11.8 Å². The van der Waals surface area contributed by atoms with Crippen LogP contribution >= 0.6 is 0 Å². The lowest BCUT2D eigenvalue weighted by Crippen LogP contribution is -2.24. The predicted molar refractivity (Wildman–Crippen MR) is 62.5 cm³/mol. The number of nitrogens with one attached hydrogen (secondary N) is 1. The Bertz CT molecular complexity index is 471. The Morgan fingerprint density at radius 1 is 1.25 bits per heavy atom. The third-order valence-electron chi connectivity index (χ3n) is 2.93. The second kappa shape index (κ2) is 4.18. The fraction of sp³-hybridized carbons (Fsp3) is 0.385. The van der Waals surface area contributed by atoms with E-state index in [0.29, 0.717) is 0 Å². The van der Waals surface area contributed by atoms with Gasteiger partial charge in [-0.3, -0.25) is 0 Å². The second-order valence-corrected chi connectivity index (χ2v) is 4.14. The summed E-state index contributed by atoms with van der Waals surface area (Å²) in [6.45, 7) is 0.815. The molecule has 2 heterocycles. The molecule has 1 aromatic heterocycles. The quantitative estimate of drug-likeness (QED) is 0.838. The minimum Gasteiger partial charge on any atom is -0.465 e. The molecule has 0 saturated carbocycles. The minimum atomic E-state index is -0.0684. The Balaban J connectivity index is 1.77. The molecule has 0 radical (unpaired) electrons. The zero-order valence-electron chi connectivity index (χ0n) is 9.11. The van der Waals surface area contributed by atoms with Crippen LogP contribution < -0.4 is 4.74 Å².